The summed E-state index contributed by atoms with van der Waals surface area (Å²) in [5.41, 5.74) is 11.3. The van der Waals surface area contributed by atoms with E-state index in [9.17, 15) is 4.39 Å². The molecule has 1 aliphatic carbocycles. The van der Waals surface area contributed by atoms with Crippen molar-refractivity contribution >= 4 is 35.6 Å². The summed E-state index contributed by atoms with van der Waals surface area (Å²) in [5.74, 6) is 0.164. The first-order valence-electron chi connectivity index (χ1n) is 9.12. The highest BCUT2D eigenvalue weighted by atomic mass is 127. The smallest absolute Gasteiger partial charge is 0.193 e. The minimum absolute atomic E-state index is 0. The predicted molar refractivity (Wildman–Crippen MR) is 121 cm³/mol. The Hall–Kier alpha value is -1.67. The molecule has 2 aromatic carbocycles. The first kappa shape index (κ1) is 21.6. The van der Waals surface area contributed by atoms with Crippen LogP contribution in [0.5, 0.6) is 0 Å². The Morgan fingerprint density at radius 1 is 1.19 bits per heavy atom. The van der Waals surface area contributed by atoms with E-state index < -0.39 is 0 Å². The number of nitrogens with two attached hydrogens (primary N) is 1. The van der Waals surface area contributed by atoms with Crippen LogP contribution in [-0.2, 0) is 25.9 Å². The van der Waals surface area contributed by atoms with Gasteiger partial charge in [-0.05, 0) is 68.6 Å². The van der Waals surface area contributed by atoms with E-state index in [1.807, 2.05) is 37.2 Å². The number of nitrogens with zero attached hydrogens (tertiary/aromatic N) is 2. The normalized spacial score (nSPS) is 13.9. The van der Waals surface area contributed by atoms with Gasteiger partial charge in [0.2, 0.25) is 0 Å². The van der Waals surface area contributed by atoms with Crippen LogP contribution in [0, 0.1) is 5.82 Å². The molecule has 0 radical (unpaired) electrons. The third kappa shape index (κ3) is 5.90. The van der Waals surface area contributed by atoms with E-state index in [0.29, 0.717) is 24.6 Å². The van der Waals surface area contributed by atoms with E-state index in [2.05, 4.69) is 22.4 Å². The number of hydrogen-bond donors (Lipinski definition) is 2. The van der Waals surface area contributed by atoms with Crippen LogP contribution in [0.3, 0.4) is 0 Å². The largest absolute Gasteiger partial charge is 0.370 e. The van der Waals surface area contributed by atoms with E-state index in [4.69, 9.17) is 5.73 Å². The summed E-state index contributed by atoms with van der Waals surface area (Å²) >= 11 is 0. The summed E-state index contributed by atoms with van der Waals surface area (Å²) < 4.78 is 14.1. The molecule has 0 aliphatic heterocycles. The fourth-order valence-corrected chi connectivity index (χ4v) is 3.41. The molecule has 1 aliphatic rings. The third-order valence-electron chi connectivity index (χ3n) is 4.69. The van der Waals surface area contributed by atoms with E-state index in [1.54, 1.807) is 6.07 Å². The molecule has 3 rings (SSSR count). The van der Waals surface area contributed by atoms with E-state index in [1.165, 1.54) is 24.0 Å². The van der Waals surface area contributed by atoms with Crippen molar-refractivity contribution in [2.45, 2.75) is 38.8 Å². The zero-order valence-corrected chi connectivity index (χ0v) is 18.3. The van der Waals surface area contributed by atoms with Crippen molar-refractivity contribution in [3.8, 4) is 0 Å². The topological polar surface area (TPSA) is 53.6 Å². The SMILES string of the molecule is CN(C)Cc1ccc(CN=C(N)Nc2cccc3c2CCCC3)cc1F.I. The Morgan fingerprint density at radius 3 is 2.70 bits per heavy atom. The standard InChI is InChI=1S/C21H27FN4.HI/c1-26(2)14-17-11-10-15(12-19(17)22)13-24-21(23)25-20-9-5-7-16-6-3-4-8-18(16)20;/h5,7,9-12H,3-4,6,8,13-14H2,1-2H3,(H3,23,24,25);1H. The molecule has 2 aromatic rings. The van der Waals surface area contributed by atoms with Crippen molar-refractivity contribution in [2.24, 2.45) is 10.7 Å². The number of hydrogen-bond acceptors (Lipinski definition) is 2. The summed E-state index contributed by atoms with van der Waals surface area (Å²) in [7, 11) is 3.85. The molecule has 146 valence electrons. The second kappa shape index (κ2) is 10.0. The molecule has 0 atom stereocenters. The maximum Gasteiger partial charge on any atom is 0.193 e. The molecule has 27 heavy (non-hydrogen) atoms. The minimum atomic E-state index is -0.199. The van der Waals surface area contributed by atoms with Crippen LogP contribution in [-0.4, -0.2) is 25.0 Å². The van der Waals surface area contributed by atoms with Crippen molar-refractivity contribution in [3.63, 3.8) is 0 Å². The van der Waals surface area contributed by atoms with Gasteiger partial charge in [-0.15, -0.1) is 24.0 Å². The van der Waals surface area contributed by atoms with Crippen LogP contribution in [0.4, 0.5) is 10.1 Å². The second-order valence-electron chi connectivity index (χ2n) is 7.14. The summed E-state index contributed by atoms with van der Waals surface area (Å²) in [6, 6.07) is 11.5. The van der Waals surface area contributed by atoms with Gasteiger partial charge in [0.1, 0.15) is 5.82 Å². The molecule has 0 aromatic heterocycles. The first-order chi connectivity index (χ1) is 12.5. The lowest BCUT2D eigenvalue weighted by molar-refractivity contribution is 0.392. The Balaban J connectivity index is 0.00000261. The third-order valence-corrected chi connectivity index (χ3v) is 4.69. The zero-order chi connectivity index (χ0) is 18.5. The van der Waals surface area contributed by atoms with Crippen LogP contribution in [0.1, 0.15) is 35.1 Å². The number of benzene rings is 2. The van der Waals surface area contributed by atoms with Crippen LogP contribution in [0.2, 0.25) is 0 Å². The lowest BCUT2D eigenvalue weighted by atomic mass is 9.90. The van der Waals surface area contributed by atoms with E-state index in [-0.39, 0.29) is 29.8 Å². The van der Waals surface area contributed by atoms with Gasteiger partial charge in [0.25, 0.3) is 0 Å². The molecule has 0 unspecified atom stereocenters. The Kier molecular flexibility index (Phi) is 8.04. The van der Waals surface area contributed by atoms with Gasteiger partial charge in [-0.1, -0.05) is 24.3 Å². The number of nitrogens with one attached hydrogen (secondary N) is 1. The Labute approximate surface area is 178 Å². The van der Waals surface area contributed by atoms with Crippen molar-refractivity contribution in [3.05, 3.63) is 64.5 Å². The number of aryl methyl sites for hydroxylation is 1. The Morgan fingerprint density at radius 2 is 1.96 bits per heavy atom. The summed E-state index contributed by atoms with van der Waals surface area (Å²) in [6.45, 7) is 0.936. The number of guanidine groups is 1. The number of fused-ring (bicyclic) bond motifs is 1. The van der Waals surface area contributed by atoms with Gasteiger partial charge in [-0.3, -0.25) is 0 Å². The average molecular weight is 482 g/mol. The number of halogens is 2. The molecule has 0 saturated carbocycles. The molecule has 3 N–H and O–H groups in total. The van der Waals surface area contributed by atoms with Gasteiger partial charge in [0, 0.05) is 17.8 Å². The molecule has 6 heteroatoms. The molecule has 0 heterocycles. The lowest BCUT2D eigenvalue weighted by Gasteiger charge is -2.19. The highest BCUT2D eigenvalue weighted by molar-refractivity contribution is 14.0. The van der Waals surface area contributed by atoms with E-state index >= 15 is 0 Å². The van der Waals surface area contributed by atoms with Crippen LogP contribution in [0.15, 0.2) is 41.4 Å². The molecule has 0 spiro atoms. The highest BCUT2D eigenvalue weighted by Gasteiger charge is 2.13. The minimum Gasteiger partial charge on any atom is -0.370 e. The molecule has 0 saturated heterocycles. The van der Waals surface area contributed by atoms with Crippen molar-refractivity contribution in [1.29, 1.82) is 0 Å². The van der Waals surface area contributed by atoms with Gasteiger partial charge in [-0.2, -0.15) is 0 Å². The van der Waals surface area contributed by atoms with E-state index in [0.717, 1.165) is 24.1 Å². The fraction of sp³-hybridized carbons (Fsp3) is 0.381. The quantitative estimate of drug-likeness (QED) is 0.380. The average Bonchev–Trinajstić information content (AvgIpc) is 2.62. The van der Waals surface area contributed by atoms with Crippen LogP contribution >= 0.6 is 24.0 Å². The molecular weight excluding hydrogens is 454 g/mol. The summed E-state index contributed by atoms with van der Waals surface area (Å²) in [5, 5.41) is 3.22. The van der Waals surface area contributed by atoms with Gasteiger partial charge in [0.05, 0.1) is 6.54 Å². The summed E-state index contributed by atoms with van der Waals surface area (Å²) in [6.07, 6.45) is 4.65. The molecule has 0 amide bonds. The first-order valence-corrected chi connectivity index (χ1v) is 9.12. The number of anilines is 1. The Bertz CT molecular complexity index is 805. The van der Waals surface area contributed by atoms with Crippen molar-refractivity contribution < 1.29 is 4.39 Å². The maximum absolute atomic E-state index is 14.1. The lowest BCUT2D eigenvalue weighted by Crippen LogP contribution is -2.24. The van der Waals surface area contributed by atoms with Crippen LogP contribution in [0.25, 0.3) is 0 Å². The van der Waals surface area contributed by atoms with Gasteiger partial charge >= 0.3 is 0 Å². The molecule has 0 fully saturated rings. The molecule has 0 bridgehead atoms. The molecule has 4 nitrogen and oxygen atoms in total. The van der Waals surface area contributed by atoms with Gasteiger partial charge in [-0.25, -0.2) is 9.38 Å². The van der Waals surface area contributed by atoms with Crippen molar-refractivity contribution in [2.75, 3.05) is 19.4 Å². The summed E-state index contributed by atoms with van der Waals surface area (Å²) in [4.78, 5) is 6.32. The number of aliphatic imine (C=N–C) groups is 1. The number of rotatable bonds is 5. The highest BCUT2D eigenvalue weighted by Crippen LogP contribution is 2.27. The van der Waals surface area contributed by atoms with Crippen molar-refractivity contribution in [1.82, 2.24) is 4.90 Å². The monoisotopic (exact) mass is 482 g/mol. The maximum atomic E-state index is 14.1. The zero-order valence-electron chi connectivity index (χ0n) is 16.0. The predicted octanol–water partition coefficient (Wildman–Crippen LogP) is 4.31. The fourth-order valence-electron chi connectivity index (χ4n) is 3.41. The van der Waals surface area contributed by atoms with Gasteiger partial charge in [0.15, 0.2) is 5.96 Å². The van der Waals surface area contributed by atoms with Gasteiger partial charge < -0.3 is 16.0 Å². The molecular formula is C21H28FIN4. The second-order valence-corrected chi connectivity index (χ2v) is 7.14. The van der Waals surface area contributed by atoms with Crippen LogP contribution < -0.4 is 11.1 Å².